The van der Waals surface area contributed by atoms with Crippen molar-refractivity contribution < 1.29 is 22.7 Å². The number of carbonyl (C=O) groups excluding carboxylic acids is 1. The summed E-state index contributed by atoms with van der Waals surface area (Å²) >= 11 is 1.47. The zero-order chi connectivity index (χ0) is 20.6. The number of anilines is 1. The number of amidine groups is 1. The fourth-order valence-electron chi connectivity index (χ4n) is 3.06. The van der Waals surface area contributed by atoms with Crippen molar-refractivity contribution in [3.8, 4) is 11.5 Å². The van der Waals surface area contributed by atoms with E-state index in [1.165, 1.54) is 17.8 Å². The quantitative estimate of drug-likeness (QED) is 0.717. The fraction of sp³-hybridized carbons (Fsp3) is 0.263. The lowest BCUT2D eigenvalue weighted by Gasteiger charge is -2.21. The third-order valence-electron chi connectivity index (χ3n) is 4.49. The Kier molecular flexibility index (Phi) is 5.13. The summed E-state index contributed by atoms with van der Waals surface area (Å²) in [7, 11) is -3.65. The summed E-state index contributed by atoms with van der Waals surface area (Å²) in [5, 5.41) is 2.85. The molecule has 4 rings (SSSR count). The van der Waals surface area contributed by atoms with Gasteiger partial charge < -0.3 is 14.8 Å². The van der Waals surface area contributed by atoms with E-state index in [1.54, 1.807) is 31.2 Å². The van der Waals surface area contributed by atoms with Gasteiger partial charge >= 0.3 is 0 Å². The summed E-state index contributed by atoms with van der Waals surface area (Å²) in [6.07, 6.45) is 1.90. The van der Waals surface area contributed by atoms with Crippen LogP contribution in [0.5, 0.6) is 11.5 Å². The number of carbonyl (C=O) groups is 1. The molecule has 2 N–H and O–H groups in total. The van der Waals surface area contributed by atoms with Gasteiger partial charge in [0.05, 0.1) is 10.6 Å². The number of aliphatic imine (C=N–C) groups is 1. The van der Waals surface area contributed by atoms with E-state index in [9.17, 15) is 13.2 Å². The van der Waals surface area contributed by atoms with Crippen LogP contribution in [0.1, 0.15) is 12.5 Å². The summed E-state index contributed by atoms with van der Waals surface area (Å²) in [6.45, 7) is 2.54. The number of hydrogen-bond acceptors (Lipinski definition) is 7. The molecule has 0 radical (unpaired) electrons. The Morgan fingerprint density at radius 1 is 1.21 bits per heavy atom. The second-order valence-electron chi connectivity index (χ2n) is 6.44. The van der Waals surface area contributed by atoms with Crippen molar-refractivity contribution in [2.45, 2.75) is 22.8 Å². The van der Waals surface area contributed by atoms with Crippen molar-refractivity contribution in [1.29, 1.82) is 0 Å². The zero-order valence-electron chi connectivity index (χ0n) is 15.8. The highest BCUT2D eigenvalue weighted by molar-refractivity contribution is 7.98. The number of hydrogen-bond donors (Lipinski definition) is 2. The lowest BCUT2D eigenvalue weighted by Crippen LogP contribution is -2.29. The van der Waals surface area contributed by atoms with Gasteiger partial charge in [-0.15, -0.1) is 11.8 Å². The van der Waals surface area contributed by atoms with Crippen LogP contribution in [-0.4, -0.2) is 45.7 Å². The molecule has 0 bridgehead atoms. The molecule has 0 saturated heterocycles. The van der Waals surface area contributed by atoms with E-state index in [1.807, 2.05) is 12.3 Å². The van der Waals surface area contributed by atoms with E-state index in [4.69, 9.17) is 9.47 Å². The first kappa shape index (κ1) is 19.6. The topological polar surface area (TPSA) is 106 Å². The molecule has 1 amide bonds. The molecule has 29 heavy (non-hydrogen) atoms. The van der Waals surface area contributed by atoms with Crippen LogP contribution in [0.15, 0.2) is 51.2 Å². The Bertz CT molecular complexity index is 1110. The van der Waals surface area contributed by atoms with E-state index >= 15 is 0 Å². The van der Waals surface area contributed by atoms with Gasteiger partial charge in [0.15, 0.2) is 11.5 Å². The Hall–Kier alpha value is -2.72. The van der Waals surface area contributed by atoms with Gasteiger partial charge in [0, 0.05) is 16.5 Å². The van der Waals surface area contributed by atoms with Crippen LogP contribution >= 0.6 is 11.8 Å². The standard InChI is InChI=1S/C19H19N3O5S2/c1-11(20-18-12-5-3-4-6-17(12)29(24,25)22-18)19(23)21-13-9-14-15(10-16(13)28-2)27-8-7-26-14/h3-6,9-11H,7-8H2,1-2H3,(H,20,22)(H,21,23)/t11-/m0/s1. The van der Waals surface area contributed by atoms with E-state index in [-0.39, 0.29) is 16.6 Å². The molecule has 0 fully saturated rings. The molecule has 2 heterocycles. The van der Waals surface area contributed by atoms with Gasteiger partial charge in [-0.2, -0.15) is 0 Å². The van der Waals surface area contributed by atoms with Crippen LogP contribution in [0.3, 0.4) is 0 Å². The van der Waals surface area contributed by atoms with E-state index in [0.717, 1.165) is 4.90 Å². The Balaban J connectivity index is 1.58. The number of nitrogens with zero attached hydrogens (tertiary/aromatic N) is 1. The lowest BCUT2D eigenvalue weighted by atomic mass is 10.2. The molecule has 2 aromatic rings. The summed E-state index contributed by atoms with van der Waals surface area (Å²) in [4.78, 5) is 18.0. The van der Waals surface area contributed by atoms with Gasteiger partial charge in [0.25, 0.3) is 10.0 Å². The minimum absolute atomic E-state index is 0.155. The minimum atomic E-state index is -3.65. The third kappa shape index (κ3) is 3.77. The van der Waals surface area contributed by atoms with Gasteiger partial charge in [-0.1, -0.05) is 12.1 Å². The Morgan fingerprint density at radius 3 is 2.62 bits per heavy atom. The molecule has 0 saturated carbocycles. The predicted octanol–water partition coefficient (Wildman–Crippen LogP) is 2.25. The monoisotopic (exact) mass is 433 g/mol. The average Bonchev–Trinajstić information content (AvgIpc) is 2.97. The van der Waals surface area contributed by atoms with Gasteiger partial charge in [-0.05, 0) is 31.4 Å². The molecule has 8 nitrogen and oxygen atoms in total. The first-order valence-electron chi connectivity index (χ1n) is 8.87. The fourth-order valence-corrected chi connectivity index (χ4v) is 4.85. The zero-order valence-corrected chi connectivity index (χ0v) is 17.4. The summed E-state index contributed by atoms with van der Waals surface area (Å²) < 4.78 is 38.0. The molecule has 10 heteroatoms. The van der Waals surface area contributed by atoms with Crippen LogP contribution < -0.4 is 19.5 Å². The van der Waals surface area contributed by atoms with Crippen molar-refractivity contribution in [1.82, 2.24) is 4.72 Å². The maximum Gasteiger partial charge on any atom is 0.263 e. The number of ether oxygens (including phenoxy) is 2. The number of thioether (sulfide) groups is 1. The molecule has 1 atom stereocenters. The van der Waals surface area contributed by atoms with E-state index in [2.05, 4.69) is 15.0 Å². The number of amides is 1. The van der Waals surface area contributed by atoms with Crippen molar-refractivity contribution in [3.05, 3.63) is 42.0 Å². The van der Waals surface area contributed by atoms with Crippen LogP contribution in [0.25, 0.3) is 0 Å². The van der Waals surface area contributed by atoms with Crippen molar-refractivity contribution in [2.24, 2.45) is 4.99 Å². The first-order chi connectivity index (χ1) is 13.9. The molecule has 2 aliphatic heterocycles. The number of benzene rings is 2. The molecule has 152 valence electrons. The number of fused-ring (bicyclic) bond motifs is 2. The predicted molar refractivity (Wildman–Crippen MR) is 111 cm³/mol. The molecular weight excluding hydrogens is 414 g/mol. The second kappa shape index (κ2) is 7.60. The molecule has 2 aliphatic rings. The average molecular weight is 434 g/mol. The SMILES string of the molecule is CSc1cc2c(cc1NC(=O)[C@H](C)N=C1NS(=O)(=O)c3ccccc31)OCCO2. The molecular formula is C19H19N3O5S2. The summed E-state index contributed by atoms with van der Waals surface area (Å²) in [6, 6.07) is 9.26. The van der Waals surface area contributed by atoms with Gasteiger partial charge in [0.1, 0.15) is 25.1 Å². The first-order valence-corrected chi connectivity index (χ1v) is 11.6. The summed E-state index contributed by atoms with van der Waals surface area (Å²) in [5.74, 6) is 1.01. The number of rotatable bonds is 4. The Morgan fingerprint density at radius 2 is 1.90 bits per heavy atom. The van der Waals surface area contributed by atoms with Crippen LogP contribution in [0, 0.1) is 0 Å². The van der Waals surface area contributed by atoms with E-state index < -0.39 is 16.1 Å². The minimum Gasteiger partial charge on any atom is -0.486 e. The van der Waals surface area contributed by atoms with Crippen LogP contribution in [0.2, 0.25) is 0 Å². The number of nitrogens with one attached hydrogen (secondary N) is 2. The maximum atomic E-state index is 12.7. The normalized spacial score (nSPS) is 18.6. The van der Waals surface area contributed by atoms with Gasteiger partial charge in [-0.3, -0.25) is 14.5 Å². The smallest absolute Gasteiger partial charge is 0.263 e. The molecule has 0 aliphatic carbocycles. The van der Waals surface area contributed by atoms with Gasteiger partial charge in [-0.25, -0.2) is 8.42 Å². The van der Waals surface area contributed by atoms with E-state index in [0.29, 0.717) is 36.0 Å². The largest absolute Gasteiger partial charge is 0.486 e. The highest BCUT2D eigenvalue weighted by Crippen LogP contribution is 2.39. The van der Waals surface area contributed by atoms with Crippen molar-refractivity contribution in [3.63, 3.8) is 0 Å². The van der Waals surface area contributed by atoms with Crippen molar-refractivity contribution in [2.75, 3.05) is 24.8 Å². The van der Waals surface area contributed by atoms with Crippen LogP contribution in [0.4, 0.5) is 5.69 Å². The second-order valence-corrected chi connectivity index (χ2v) is 8.94. The lowest BCUT2D eigenvalue weighted by molar-refractivity contribution is -0.117. The Labute approximate surface area is 172 Å². The highest BCUT2D eigenvalue weighted by atomic mass is 32.2. The molecule has 2 aromatic carbocycles. The maximum absolute atomic E-state index is 12.7. The summed E-state index contributed by atoms with van der Waals surface area (Å²) in [5.41, 5.74) is 1.04. The molecule has 0 unspecified atom stereocenters. The third-order valence-corrected chi connectivity index (χ3v) is 6.66. The highest BCUT2D eigenvalue weighted by Gasteiger charge is 2.31. The van der Waals surface area contributed by atoms with Gasteiger partial charge in [0.2, 0.25) is 5.91 Å². The van der Waals surface area contributed by atoms with Crippen molar-refractivity contribution >= 4 is 39.2 Å². The van der Waals surface area contributed by atoms with Crippen LogP contribution in [-0.2, 0) is 14.8 Å². The molecule has 0 aromatic heterocycles. The molecule has 0 spiro atoms. The number of sulfonamides is 1.